The third kappa shape index (κ3) is 3.85. The van der Waals surface area contributed by atoms with Gasteiger partial charge in [-0.05, 0) is 58.0 Å². The first-order valence-electron chi connectivity index (χ1n) is 6.81. The van der Waals surface area contributed by atoms with Gasteiger partial charge in [0.15, 0.2) is 0 Å². The smallest absolute Gasteiger partial charge is 0.222 e. The molecule has 4 heteroatoms. The molecule has 2 fully saturated rings. The molecule has 3 nitrogen and oxygen atoms in total. The molecule has 1 aliphatic carbocycles. The highest BCUT2D eigenvalue weighted by Gasteiger charge is 2.27. The van der Waals surface area contributed by atoms with Crippen molar-refractivity contribution >= 4 is 18.3 Å². The summed E-state index contributed by atoms with van der Waals surface area (Å²) in [5, 5.41) is 3.36. The van der Waals surface area contributed by atoms with Crippen LogP contribution in [0.1, 0.15) is 45.4 Å². The lowest BCUT2D eigenvalue weighted by Gasteiger charge is -2.37. The minimum absolute atomic E-state index is 0. The summed E-state index contributed by atoms with van der Waals surface area (Å²) in [6, 6.07) is 0.569. The van der Waals surface area contributed by atoms with Gasteiger partial charge in [0.05, 0.1) is 0 Å². The molecule has 1 saturated heterocycles. The fourth-order valence-corrected chi connectivity index (χ4v) is 2.77. The van der Waals surface area contributed by atoms with Crippen molar-refractivity contribution in [2.24, 2.45) is 5.92 Å². The Hall–Kier alpha value is -0.280. The number of rotatable bonds is 5. The van der Waals surface area contributed by atoms with Gasteiger partial charge in [0.1, 0.15) is 0 Å². The number of hydrogen-bond donors (Lipinski definition) is 1. The summed E-state index contributed by atoms with van der Waals surface area (Å²) in [6.07, 6.45) is 6.85. The molecule has 0 bridgehead atoms. The Bertz CT molecular complexity index is 238. The largest absolute Gasteiger partial charge is 0.340 e. The van der Waals surface area contributed by atoms with Crippen LogP contribution >= 0.6 is 12.4 Å². The van der Waals surface area contributed by atoms with E-state index in [4.69, 9.17) is 0 Å². The van der Waals surface area contributed by atoms with Crippen LogP contribution in [-0.4, -0.2) is 36.5 Å². The Kier molecular flexibility index (Phi) is 6.28. The van der Waals surface area contributed by atoms with Gasteiger partial charge in [0.2, 0.25) is 5.91 Å². The lowest BCUT2D eigenvalue weighted by molar-refractivity contribution is -0.135. The molecular weight excluding hydrogens is 236 g/mol. The molecule has 2 rings (SSSR count). The zero-order chi connectivity index (χ0) is 11.4. The predicted molar refractivity (Wildman–Crippen MR) is 72.5 cm³/mol. The number of nitrogens with one attached hydrogen (secondary N) is 1. The quantitative estimate of drug-likeness (QED) is 0.822. The molecule has 100 valence electrons. The molecule has 1 saturated carbocycles. The first kappa shape index (κ1) is 14.8. The van der Waals surface area contributed by atoms with Crippen LogP contribution in [-0.2, 0) is 4.79 Å². The zero-order valence-corrected chi connectivity index (χ0v) is 11.6. The van der Waals surface area contributed by atoms with Crippen molar-refractivity contribution in [3.63, 3.8) is 0 Å². The van der Waals surface area contributed by atoms with Gasteiger partial charge < -0.3 is 10.2 Å². The number of hydrogen-bond acceptors (Lipinski definition) is 2. The lowest BCUT2D eigenvalue weighted by Crippen LogP contribution is -2.44. The molecule has 1 aliphatic heterocycles. The van der Waals surface area contributed by atoms with Crippen LogP contribution in [0.25, 0.3) is 0 Å². The molecule has 1 unspecified atom stereocenters. The number of amides is 1. The van der Waals surface area contributed by atoms with E-state index in [0.29, 0.717) is 11.9 Å². The van der Waals surface area contributed by atoms with Gasteiger partial charge in [0.25, 0.3) is 0 Å². The molecular formula is C13H25ClN2O. The maximum absolute atomic E-state index is 12.1. The van der Waals surface area contributed by atoms with Gasteiger partial charge in [-0.3, -0.25) is 4.79 Å². The van der Waals surface area contributed by atoms with Crippen LogP contribution < -0.4 is 5.32 Å². The molecule has 17 heavy (non-hydrogen) atoms. The van der Waals surface area contributed by atoms with Gasteiger partial charge in [-0.2, -0.15) is 0 Å². The fourth-order valence-electron chi connectivity index (χ4n) is 2.77. The molecule has 1 N–H and O–H groups in total. The molecule has 0 radical (unpaired) electrons. The van der Waals surface area contributed by atoms with E-state index in [-0.39, 0.29) is 12.4 Å². The van der Waals surface area contributed by atoms with E-state index >= 15 is 0 Å². The molecule has 0 aromatic rings. The van der Waals surface area contributed by atoms with Crippen molar-refractivity contribution in [2.45, 2.75) is 51.5 Å². The maximum Gasteiger partial charge on any atom is 0.222 e. The Morgan fingerprint density at radius 2 is 2.12 bits per heavy atom. The molecule has 0 spiro atoms. The molecule has 2 aliphatic rings. The van der Waals surface area contributed by atoms with Crippen molar-refractivity contribution in [1.29, 1.82) is 0 Å². The van der Waals surface area contributed by atoms with Crippen LogP contribution in [0.4, 0.5) is 0 Å². The van der Waals surface area contributed by atoms with Crippen LogP contribution in [0, 0.1) is 5.92 Å². The second-order valence-corrected chi connectivity index (χ2v) is 5.16. The number of halogens is 1. The predicted octanol–water partition coefficient (Wildman–Crippen LogP) is 2.20. The first-order chi connectivity index (χ1) is 7.81. The minimum Gasteiger partial charge on any atom is -0.340 e. The van der Waals surface area contributed by atoms with Crippen molar-refractivity contribution < 1.29 is 4.79 Å². The SMILES string of the molecule is CCN(C(=O)CCC1CCNC1)C1CCC1.Cl. The third-order valence-electron chi connectivity index (χ3n) is 4.11. The van der Waals surface area contributed by atoms with E-state index in [1.165, 1.54) is 25.7 Å². The highest BCUT2D eigenvalue weighted by molar-refractivity contribution is 5.85. The second kappa shape index (κ2) is 7.22. The van der Waals surface area contributed by atoms with Gasteiger partial charge in [-0.1, -0.05) is 0 Å². The van der Waals surface area contributed by atoms with Crippen molar-refractivity contribution in [2.75, 3.05) is 19.6 Å². The molecule has 0 aromatic heterocycles. The summed E-state index contributed by atoms with van der Waals surface area (Å²) >= 11 is 0. The Morgan fingerprint density at radius 3 is 2.59 bits per heavy atom. The van der Waals surface area contributed by atoms with E-state index in [2.05, 4.69) is 17.1 Å². The van der Waals surface area contributed by atoms with Gasteiger partial charge in [0, 0.05) is 19.0 Å². The fraction of sp³-hybridized carbons (Fsp3) is 0.923. The van der Waals surface area contributed by atoms with E-state index < -0.39 is 0 Å². The summed E-state index contributed by atoms with van der Waals surface area (Å²) in [6.45, 7) is 5.25. The highest BCUT2D eigenvalue weighted by Crippen LogP contribution is 2.26. The summed E-state index contributed by atoms with van der Waals surface area (Å²) in [4.78, 5) is 14.2. The van der Waals surface area contributed by atoms with E-state index in [1.54, 1.807) is 0 Å². The van der Waals surface area contributed by atoms with Crippen LogP contribution in [0.15, 0.2) is 0 Å². The molecule has 1 amide bonds. The van der Waals surface area contributed by atoms with E-state index in [9.17, 15) is 4.79 Å². The van der Waals surface area contributed by atoms with Crippen molar-refractivity contribution in [3.05, 3.63) is 0 Å². The van der Waals surface area contributed by atoms with Gasteiger partial charge in [-0.25, -0.2) is 0 Å². The van der Waals surface area contributed by atoms with Crippen molar-refractivity contribution in [1.82, 2.24) is 10.2 Å². The zero-order valence-electron chi connectivity index (χ0n) is 10.8. The number of carbonyl (C=O) groups excluding carboxylic acids is 1. The topological polar surface area (TPSA) is 32.3 Å². The molecule has 1 atom stereocenters. The minimum atomic E-state index is 0. The molecule has 0 aromatic carbocycles. The third-order valence-corrected chi connectivity index (χ3v) is 4.11. The Labute approximate surface area is 111 Å². The van der Waals surface area contributed by atoms with Crippen molar-refractivity contribution in [3.8, 4) is 0 Å². The van der Waals surface area contributed by atoms with Crippen LogP contribution in [0.5, 0.6) is 0 Å². The highest BCUT2D eigenvalue weighted by atomic mass is 35.5. The molecule has 1 heterocycles. The second-order valence-electron chi connectivity index (χ2n) is 5.16. The average molecular weight is 261 g/mol. The average Bonchev–Trinajstić information content (AvgIpc) is 2.72. The number of carbonyl (C=O) groups is 1. The van der Waals surface area contributed by atoms with Gasteiger partial charge >= 0.3 is 0 Å². The summed E-state index contributed by atoms with van der Waals surface area (Å²) in [7, 11) is 0. The normalized spacial score (nSPS) is 23.9. The maximum atomic E-state index is 12.1. The standard InChI is InChI=1S/C13H24N2O.ClH/c1-2-15(12-4-3-5-12)13(16)7-6-11-8-9-14-10-11;/h11-12,14H,2-10H2,1H3;1H. The summed E-state index contributed by atoms with van der Waals surface area (Å²) < 4.78 is 0. The Morgan fingerprint density at radius 1 is 1.35 bits per heavy atom. The van der Waals surface area contributed by atoms with Gasteiger partial charge in [-0.15, -0.1) is 12.4 Å². The summed E-state index contributed by atoms with van der Waals surface area (Å²) in [5.41, 5.74) is 0. The monoisotopic (exact) mass is 260 g/mol. The van der Waals surface area contributed by atoms with Crippen LogP contribution in [0.2, 0.25) is 0 Å². The van der Waals surface area contributed by atoms with Crippen LogP contribution in [0.3, 0.4) is 0 Å². The van der Waals surface area contributed by atoms with E-state index in [0.717, 1.165) is 38.4 Å². The van der Waals surface area contributed by atoms with E-state index in [1.807, 2.05) is 0 Å². The lowest BCUT2D eigenvalue weighted by atomic mass is 9.91. The Balaban J connectivity index is 0.00000144. The summed E-state index contributed by atoms with van der Waals surface area (Å²) in [5.74, 6) is 1.13. The first-order valence-corrected chi connectivity index (χ1v) is 6.81. The number of nitrogens with zero attached hydrogens (tertiary/aromatic N) is 1.